The zero-order valence-electron chi connectivity index (χ0n) is 14.9. The number of rotatable bonds is 5. The third-order valence-corrected chi connectivity index (χ3v) is 6.19. The summed E-state index contributed by atoms with van der Waals surface area (Å²) >= 11 is 1.22. The SMILES string of the molecule is CS(=O)(=O)c1ccc2nc(NC(=O)COc3cccc4ccccc34)sc2c1. The number of aromatic nitrogens is 1. The molecule has 0 saturated carbocycles. The molecule has 0 aliphatic carbocycles. The number of ether oxygens (including phenoxy) is 1. The van der Waals surface area contributed by atoms with E-state index in [0.29, 0.717) is 21.1 Å². The molecule has 142 valence electrons. The molecule has 0 saturated heterocycles. The van der Waals surface area contributed by atoms with Gasteiger partial charge in [0.2, 0.25) is 0 Å². The number of nitrogens with zero attached hydrogens (tertiary/aromatic N) is 1. The van der Waals surface area contributed by atoms with E-state index in [2.05, 4.69) is 10.3 Å². The second kappa shape index (κ2) is 7.21. The Balaban J connectivity index is 1.47. The third kappa shape index (κ3) is 3.83. The number of hydrogen-bond acceptors (Lipinski definition) is 6. The molecule has 1 N–H and O–H groups in total. The van der Waals surface area contributed by atoms with Crippen LogP contribution >= 0.6 is 11.3 Å². The summed E-state index contributed by atoms with van der Waals surface area (Å²) < 4.78 is 29.7. The van der Waals surface area contributed by atoms with E-state index in [1.807, 2.05) is 42.5 Å². The number of hydrogen-bond donors (Lipinski definition) is 1. The highest BCUT2D eigenvalue weighted by molar-refractivity contribution is 7.90. The van der Waals surface area contributed by atoms with Gasteiger partial charge in [0.1, 0.15) is 5.75 Å². The predicted octanol–water partition coefficient (Wildman–Crippen LogP) is 3.87. The molecule has 8 heteroatoms. The summed E-state index contributed by atoms with van der Waals surface area (Å²) in [6.45, 7) is -0.154. The van der Waals surface area contributed by atoms with Crippen molar-refractivity contribution in [2.75, 3.05) is 18.2 Å². The van der Waals surface area contributed by atoms with Crippen LogP contribution in [0, 0.1) is 0 Å². The number of thiazole rings is 1. The molecule has 1 heterocycles. The molecule has 0 unspecified atom stereocenters. The van der Waals surface area contributed by atoms with Crippen molar-refractivity contribution in [2.24, 2.45) is 0 Å². The minimum Gasteiger partial charge on any atom is -0.483 e. The molecule has 4 rings (SSSR count). The highest BCUT2D eigenvalue weighted by atomic mass is 32.2. The van der Waals surface area contributed by atoms with Gasteiger partial charge in [0.05, 0.1) is 15.1 Å². The maximum Gasteiger partial charge on any atom is 0.264 e. The van der Waals surface area contributed by atoms with Gasteiger partial charge in [0.15, 0.2) is 21.6 Å². The van der Waals surface area contributed by atoms with Crippen LogP contribution in [0.15, 0.2) is 65.6 Å². The fraction of sp³-hybridized carbons (Fsp3) is 0.100. The van der Waals surface area contributed by atoms with E-state index in [-0.39, 0.29) is 17.4 Å². The Kier molecular flexibility index (Phi) is 4.74. The molecule has 0 spiro atoms. The second-order valence-corrected chi connectivity index (χ2v) is 9.28. The van der Waals surface area contributed by atoms with Crippen molar-refractivity contribution >= 4 is 53.2 Å². The van der Waals surface area contributed by atoms with Crippen molar-refractivity contribution in [2.45, 2.75) is 4.90 Å². The molecule has 1 aromatic heterocycles. The Bertz CT molecular complexity index is 1290. The normalized spacial score (nSPS) is 11.6. The Morgan fingerprint density at radius 2 is 1.89 bits per heavy atom. The molecule has 6 nitrogen and oxygen atoms in total. The van der Waals surface area contributed by atoms with Crippen molar-refractivity contribution < 1.29 is 17.9 Å². The van der Waals surface area contributed by atoms with Gasteiger partial charge in [-0.05, 0) is 29.7 Å². The summed E-state index contributed by atoms with van der Waals surface area (Å²) in [5.74, 6) is 0.297. The van der Waals surface area contributed by atoms with Crippen LogP contribution in [0.4, 0.5) is 5.13 Å². The van der Waals surface area contributed by atoms with Crippen LogP contribution in [-0.2, 0) is 14.6 Å². The zero-order chi connectivity index (χ0) is 19.7. The number of carbonyl (C=O) groups excluding carboxylic acids is 1. The molecule has 3 aromatic carbocycles. The molecule has 0 aliphatic rings. The quantitative estimate of drug-likeness (QED) is 0.538. The number of carbonyl (C=O) groups is 1. The maximum absolute atomic E-state index is 12.3. The largest absolute Gasteiger partial charge is 0.483 e. The number of amides is 1. The lowest BCUT2D eigenvalue weighted by atomic mass is 10.1. The van der Waals surface area contributed by atoms with Gasteiger partial charge < -0.3 is 4.74 Å². The third-order valence-electron chi connectivity index (χ3n) is 4.14. The number of nitrogens with one attached hydrogen (secondary N) is 1. The van der Waals surface area contributed by atoms with Crippen molar-refractivity contribution in [3.8, 4) is 5.75 Å². The summed E-state index contributed by atoms with van der Waals surface area (Å²) in [5, 5.41) is 5.07. The Morgan fingerprint density at radius 3 is 2.71 bits per heavy atom. The van der Waals surface area contributed by atoms with E-state index in [1.165, 1.54) is 17.4 Å². The summed E-state index contributed by atoms with van der Waals surface area (Å²) in [7, 11) is -3.29. The molecule has 4 aromatic rings. The summed E-state index contributed by atoms with van der Waals surface area (Å²) in [4.78, 5) is 16.8. The van der Waals surface area contributed by atoms with Gasteiger partial charge in [0, 0.05) is 11.6 Å². The van der Waals surface area contributed by atoms with E-state index in [9.17, 15) is 13.2 Å². The number of anilines is 1. The van der Waals surface area contributed by atoms with Crippen LogP contribution in [0.2, 0.25) is 0 Å². The minimum atomic E-state index is -3.29. The fourth-order valence-electron chi connectivity index (χ4n) is 2.81. The van der Waals surface area contributed by atoms with Crippen LogP contribution in [-0.4, -0.2) is 32.2 Å². The van der Waals surface area contributed by atoms with Crippen LogP contribution in [0.5, 0.6) is 5.75 Å². The highest BCUT2D eigenvalue weighted by Crippen LogP contribution is 2.28. The molecule has 0 bridgehead atoms. The van der Waals surface area contributed by atoms with Gasteiger partial charge in [-0.1, -0.05) is 47.7 Å². The lowest BCUT2D eigenvalue weighted by Crippen LogP contribution is -2.20. The Labute approximate surface area is 165 Å². The van der Waals surface area contributed by atoms with Crippen molar-refractivity contribution in [1.29, 1.82) is 0 Å². The van der Waals surface area contributed by atoms with E-state index >= 15 is 0 Å². The van der Waals surface area contributed by atoms with Crippen molar-refractivity contribution in [3.63, 3.8) is 0 Å². The van der Waals surface area contributed by atoms with Crippen molar-refractivity contribution in [1.82, 2.24) is 4.98 Å². The van der Waals surface area contributed by atoms with Gasteiger partial charge in [-0.2, -0.15) is 0 Å². The van der Waals surface area contributed by atoms with E-state index in [4.69, 9.17) is 4.74 Å². The molecule has 0 radical (unpaired) electrons. The Morgan fingerprint density at radius 1 is 1.11 bits per heavy atom. The maximum atomic E-state index is 12.3. The van der Waals surface area contributed by atoms with Gasteiger partial charge in [0.25, 0.3) is 5.91 Å². The lowest BCUT2D eigenvalue weighted by molar-refractivity contribution is -0.118. The van der Waals surface area contributed by atoms with Gasteiger partial charge in [-0.15, -0.1) is 0 Å². The fourth-order valence-corrected chi connectivity index (χ4v) is 4.45. The molecule has 28 heavy (non-hydrogen) atoms. The van der Waals surface area contributed by atoms with Crippen LogP contribution in [0.3, 0.4) is 0 Å². The van der Waals surface area contributed by atoms with Crippen LogP contribution < -0.4 is 10.1 Å². The summed E-state index contributed by atoms with van der Waals surface area (Å²) in [5.41, 5.74) is 0.627. The first-order chi connectivity index (χ1) is 13.4. The number of benzene rings is 3. The molecular formula is C20H16N2O4S2. The smallest absolute Gasteiger partial charge is 0.264 e. The molecule has 0 aliphatic heterocycles. The summed E-state index contributed by atoms with van der Waals surface area (Å²) in [6.07, 6.45) is 1.16. The van der Waals surface area contributed by atoms with Gasteiger partial charge in [-0.3, -0.25) is 10.1 Å². The molecular weight excluding hydrogens is 396 g/mol. The van der Waals surface area contributed by atoms with Crippen LogP contribution in [0.1, 0.15) is 0 Å². The molecule has 1 amide bonds. The van der Waals surface area contributed by atoms with E-state index in [1.54, 1.807) is 12.1 Å². The Hall–Kier alpha value is -2.97. The first-order valence-corrected chi connectivity index (χ1v) is 11.1. The number of fused-ring (bicyclic) bond motifs is 2. The highest BCUT2D eigenvalue weighted by Gasteiger charge is 2.13. The van der Waals surface area contributed by atoms with E-state index < -0.39 is 9.84 Å². The second-order valence-electron chi connectivity index (χ2n) is 6.23. The topological polar surface area (TPSA) is 85.4 Å². The average Bonchev–Trinajstić information content (AvgIpc) is 3.07. The van der Waals surface area contributed by atoms with Gasteiger partial charge in [-0.25, -0.2) is 13.4 Å². The van der Waals surface area contributed by atoms with Crippen LogP contribution in [0.25, 0.3) is 21.0 Å². The standard InChI is InChI=1S/C20H16N2O4S2/c1-28(24,25)14-9-10-16-18(11-14)27-20(21-16)22-19(23)12-26-17-8-4-6-13-5-2-3-7-15(13)17/h2-11H,12H2,1H3,(H,21,22,23). The first kappa shape index (κ1) is 18.4. The molecule has 0 fully saturated rings. The first-order valence-electron chi connectivity index (χ1n) is 8.41. The predicted molar refractivity (Wildman–Crippen MR) is 111 cm³/mol. The minimum absolute atomic E-state index is 0.154. The van der Waals surface area contributed by atoms with E-state index in [0.717, 1.165) is 17.0 Å². The zero-order valence-corrected chi connectivity index (χ0v) is 16.5. The monoisotopic (exact) mass is 412 g/mol. The summed E-state index contributed by atoms with van der Waals surface area (Å²) in [6, 6.07) is 18.2. The average molecular weight is 412 g/mol. The molecule has 0 atom stereocenters. The van der Waals surface area contributed by atoms with Gasteiger partial charge >= 0.3 is 0 Å². The van der Waals surface area contributed by atoms with Crippen molar-refractivity contribution in [3.05, 3.63) is 60.7 Å². The number of sulfone groups is 1. The lowest BCUT2D eigenvalue weighted by Gasteiger charge is -2.08.